The quantitative estimate of drug-likeness (QED) is 0.391. The van der Waals surface area contributed by atoms with Crippen LogP contribution in [0.5, 0.6) is 0 Å². The topological polar surface area (TPSA) is 104 Å². The van der Waals surface area contributed by atoms with Crippen LogP contribution in [-0.4, -0.2) is 69.5 Å². The minimum Gasteiger partial charge on any atom is -0.367 e. The lowest BCUT2D eigenvalue weighted by Crippen LogP contribution is -2.42. The number of hydrogen-bond donors (Lipinski definition) is 3. The van der Waals surface area contributed by atoms with E-state index in [4.69, 9.17) is 4.98 Å². The molecule has 9 nitrogen and oxygen atoms in total. The summed E-state index contributed by atoms with van der Waals surface area (Å²) < 4.78 is 28.5. The number of amides is 2. The molecule has 1 aliphatic carbocycles. The van der Waals surface area contributed by atoms with Crippen LogP contribution in [0.15, 0.2) is 42.2 Å². The van der Waals surface area contributed by atoms with Gasteiger partial charge in [0.05, 0.1) is 28.1 Å². The van der Waals surface area contributed by atoms with Crippen LogP contribution in [-0.2, 0) is 4.79 Å². The van der Waals surface area contributed by atoms with Crippen molar-refractivity contribution in [3.05, 3.63) is 52.7 Å². The number of aromatic nitrogens is 3. The monoisotopic (exact) mass is 553 g/mol. The second kappa shape index (κ2) is 10.2. The molecule has 39 heavy (non-hydrogen) atoms. The van der Waals surface area contributed by atoms with Crippen molar-refractivity contribution < 1.29 is 18.4 Å². The van der Waals surface area contributed by atoms with Crippen LogP contribution < -0.4 is 16.0 Å². The Bertz CT molecular complexity index is 1480. The highest BCUT2D eigenvalue weighted by Crippen LogP contribution is 2.33. The Hall–Kier alpha value is -3.64. The summed E-state index contributed by atoms with van der Waals surface area (Å²) in [5, 5.41) is 13.7. The summed E-state index contributed by atoms with van der Waals surface area (Å²) in [5.41, 5.74) is 3.50. The number of nitrogens with zero attached hydrogens (tertiary/aromatic N) is 4. The number of carbonyl (C=O) groups is 2. The highest BCUT2D eigenvalue weighted by atomic mass is 32.1. The van der Waals surface area contributed by atoms with Crippen molar-refractivity contribution >= 4 is 40.7 Å². The number of piperidine rings is 1. The van der Waals surface area contributed by atoms with Gasteiger partial charge in [-0.2, -0.15) is 9.61 Å². The van der Waals surface area contributed by atoms with Crippen molar-refractivity contribution in [2.45, 2.75) is 44.1 Å². The predicted octanol–water partition coefficient (Wildman–Crippen LogP) is 3.91. The summed E-state index contributed by atoms with van der Waals surface area (Å²) in [4.78, 5) is 32.8. The van der Waals surface area contributed by atoms with Gasteiger partial charge < -0.3 is 20.9 Å². The first-order valence-corrected chi connectivity index (χ1v) is 13.9. The Morgan fingerprint density at radius 3 is 2.79 bits per heavy atom. The fourth-order valence-corrected chi connectivity index (χ4v) is 5.64. The molecule has 0 radical (unpaired) electrons. The molecule has 1 saturated carbocycles. The lowest BCUT2D eigenvalue weighted by molar-refractivity contribution is -0.118. The van der Waals surface area contributed by atoms with Crippen molar-refractivity contribution in [1.82, 2.24) is 30.1 Å². The van der Waals surface area contributed by atoms with E-state index in [0.29, 0.717) is 54.1 Å². The van der Waals surface area contributed by atoms with Gasteiger partial charge in [-0.3, -0.25) is 9.59 Å². The van der Waals surface area contributed by atoms with Gasteiger partial charge in [0.2, 0.25) is 5.91 Å². The van der Waals surface area contributed by atoms with E-state index in [1.807, 2.05) is 23.1 Å². The van der Waals surface area contributed by atoms with Gasteiger partial charge in [0.25, 0.3) is 11.8 Å². The molecular weight excluding hydrogens is 524 g/mol. The number of alkyl halides is 2. The van der Waals surface area contributed by atoms with Gasteiger partial charge in [-0.1, -0.05) is 6.58 Å². The molecule has 2 aliphatic heterocycles. The third-order valence-electron chi connectivity index (χ3n) is 7.17. The molecule has 0 spiro atoms. The van der Waals surface area contributed by atoms with Crippen molar-refractivity contribution in [3.63, 3.8) is 0 Å². The lowest BCUT2D eigenvalue weighted by Gasteiger charge is -2.31. The summed E-state index contributed by atoms with van der Waals surface area (Å²) in [6.45, 7) is 5.54. The maximum atomic E-state index is 13.4. The molecule has 3 aromatic rings. The molecule has 2 saturated heterocycles. The van der Waals surface area contributed by atoms with E-state index in [0.717, 1.165) is 34.7 Å². The van der Waals surface area contributed by atoms with E-state index in [2.05, 4.69) is 27.6 Å². The number of thiophene rings is 1. The Balaban J connectivity index is 1.20. The van der Waals surface area contributed by atoms with Gasteiger partial charge in [-0.25, -0.2) is 13.8 Å². The Labute approximate surface area is 228 Å². The van der Waals surface area contributed by atoms with Gasteiger partial charge in [0, 0.05) is 62.4 Å². The summed E-state index contributed by atoms with van der Waals surface area (Å²) in [7, 11) is 0. The average Bonchev–Trinajstić information content (AvgIpc) is 3.27. The summed E-state index contributed by atoms with van der Waals surface area (Å²) in [5.74, 6) is -2.05. The molecule has 204 valence electrons. The number of carbonyl (C=O) groups excluding carboxylic acids is 2. The maximum Gasteiger partial charge on any atom is 0.261 e. The number of hydrogen-bond acceptors (Lipinski definition) is 7. The van der Waals surface area contributed by atoms with E-state index in [1.54, 1.807) is 16.8 Å². The van der Waals surface area contributed by atoms with Crippen molar-refractivity contribution in [1.29, 1.82) is 0 Å². The molecule has 0 unspecified atom stereocenters. The molecule has 3 N–H and O–H groups in total. The zero-order valence-electron chi connectivity index (χ0n) is 21.3. The molecule has 2 amide bonds. The van der Waals surface area contributed by atoms with Crippen LogP contribution in [0.1, 0.15) is 47.3 Å². The molecule has 12 heteroatoms. The first-order valence-electron chi connectivity index (χ1n) is 13.1. The number of halogens is 2. The number of anilines is 1. The fourth-order valence-electron chi connectivity index (χ4n) is 4.76. The Kier molecular flexibility index (Phi) is 6.67. The molecule has 6 rings (SSSR count). The van der Waals surface area contributed by atoms with E-state index >= 15 is 0 Å². The van der Waals surface area contributed by atoms with Crippen LogP contribution in [0.25, 0.3) is 22.3 Å². The molecular formula is C27H29F2N7O2S. The first-order chi connectivity index (χ1) is 18.7. The van der Waals surface area contributed by atoms with Gasteiger partial charge in [-0.05, 0) is 36.6 Å². The second-order valence-corrected chi connectivity index (χ2v) is 11.4. The largest absolute Gasteiger partial charge is 0.367 e. The third kappa shape index (κ3) is 5.71. The van der Waals surface area contributed by atoms with E-state index in [9.17, 15) is 18.4 Å². The number of allylic oxidation sites excluding steroid dienone is 1. The van der Waals surface area contributed by atoms with Gasteiger partial charge in [-0.15, -0.1) is 11.3 Å². The van der Waals surface area contributed by atoms with E-state index in [-0.39, 0.29) is 31.1 Å². The Morgan fingerprint density at radius 1 is 1.28 bits per heavy atom. The van der Waals surface area contributed by atoms with Gasteiger partial charge >= 0.3 is 0 Å². The molecule has 0 bridgehead atoms. The maximum absolute atomic E-state index is 13.4. The number of likely N-dealkylation sites (tertiary alicyclic amines) is 1. The van der Waals surface area contributed by atoms with Gasteiger partial charge in [0.15, 0.2) is 5.65 Å². The third-order valence-corrected chi connectivity index (χ3v) is 8.28. The smallest absolute Gasteiger partial charge is 0.261 e. The zero-order chi connectivity index (χ0) is 27.1. The highest BCUT2D eigenvalue weighted by molar-refractivity contribution is 7.17. The number of rotatable bonds is 8. The zero-order valence-corrected chi connectivity index (χ0v) is 22.1. The standard InChI is InChI=1S/C27H29F2N7O2S/c1-16-17(13-24(37)32-16)12-18-15-31-36-23(33-19-2-3-19)14-20(34-25(18)36)21-4-5-22(39-21)26(38)30-8-11-35-9-6-27(28,29)7-10-35/h4-5,12,14-15,19,33H,1-3,6-11,13H2,(H,30,38)(H,32,37)/b17-12+. The van der Waals surface area contributed by atoms with Crippen LogP contribution in [0.4, 0.5) is 14.6 Å². The number of fused-ring (bicyclic) bond motifs is 1. The first kappa shape index (κ1) is 25.6. The van der Waals surface area contributed by atoms with E-state index < -0.39 is 5.92 Å². The summed E-state index contributed by atoms with van der Waals surface area (Å²) >= 11 is 1.34. The fraction of sp³-hybridized carbons (Fsp3) is 0.407. The molecule has 5 heterocycles. The molecule has 0 atom stereocenters. The van der Waals surface area contributed by atoms with Crippen LogP contribution >= 0.6 is 11.3 Å². The van der Waals surface area contributed by atoms with Crippen LogP contribution in [0, 0.1) is 0 Å². The second-order valence-electron chi connectivity index (χ2n) is 10.3. The van der Waals surface area contributed by atoms with Gasteiger partial charge in [0.1, 0.15) is 5.82 Å². The molecule has 3 aromatic heterocycles. The molecule has 0 aromatic carbocycles. The molecule has 3 aliphatic rings. The average molecular weight is 554 g/mol. The van der Waals surface area contributed by atoms with Crippen molar-refractivity contribution in [2.24, 2.45) is 0 Å². The van der Waals surface area contributed by atoms with Crippen LogP contribution in [0.2, 0.25) is 0 Å². The number of nitrogens with one attached hydrogen (secondary N) is 3. The summed E-state index contributed by atoms with van der Waals surface area (Å²) in [6.07, 6.45) is 5.79. The molecule has 3 fully saturated rings. The lowest BCUT2D eigenvalue weighted by atomic mass is 10.1. The van der Waals surface area contributed by atoms with Crippen molar-refractivity contribution in [3.8, 4) is 10.6 Å². The highest BCUT2D eigenvalue weighted by Gasteiger charge is 2.33. The Morgan fingerprint density at radius 2 is 2.08 bits per heavy atom. The van der Waals surface area contributed by atoms with Crippen molar-refractivity contribution in [2.75, 3.05) is 31.5 Å². The van der Waals surface area contributed by atoms with Crippen LogP contribution in [0.3, 0.4) is 0 Å². The summed E-state index contributed by atoms with van der Waals surface area (Å²) in [6, 6.07) is 5.98. The minimum absolute atomic E-state index is 0.0886. The van der Waals surface area contributed by atoms with E-state index in [1.165, 1.54) is 11.3 Å². The predicted molar refractivity (Wildman–Crippen MR) is 146 cm³/mol. The normalized spacial score (nSPS) is 20.5. The SMILES string of the molecule is C=C1NC(=O)C/C1=C\c1cnn2c(NC3CC3)cc(-c3ccc(C(=O)NCCN4CCC(F)(F)CC4)s3)nc12. The minimum atomic E-state index is -2.58.